The fraction of sp³-hybridized carbons (Fsp3) is 0.294. The van der Waals surface area contributed by atoms with Gasteiger partial charge in [-0.15, -0.1) is 0 Å². The van der Waals surface area contributed by atoms with Gasteiger partial charge >= 0.3 is 0 Å². The maximum absolute atomic E-state index is 13.4. The fourth-order valence-corrected chi connectivity index (χ4v) is 1.99. The fourth-order valence-electron chi connectivity index (χ4n) is 1.99. The first-order chi connectivity index (χ1) is 10.1. The average Bonchev–Trinajstić information content (AvgIpc) is 2.47. The molecule has 112 valence electrons. The molecule has 0 unspecified atom stereocenters. The Bertz CT molecular complexity index is 599. The Kier molecular flexibility index (Phi) is 5.04. The van der Waals surface area contributed by atoms with Gasteiger partial charge < -0.3 is 14.8 Å². The van der Waals surface area contributed by atoms with Crippen LogP contribution in [0.3, 0.4) is 0 Å². The highest BCUT2D eigenvalue weighted by Crippen LogP contribution is 2.24. The summed E-state index contributed by atoms with van der Waals surface area (Å²) in [5, 5.41) is 3.25. The van der Waals surface area contributed by atoms with E-state index in [2.05, 4.69) is 5.32 Å². The minimum atomic E-state index is -0.369. The summed E-state index contributed by atoms with van der Waals surface area (Å²) < 4.78 is 24.1. The predicted molar refractivity (Wildman–Crippen MR) is 82.5 cm³/mol. The lowest BCUT2D eigenvalue weighted by Gasteiger charge is -2.15. The standard InChI is InChI=1S/C17H20FNO2/c1-12(2)21-16-7-5-4-6-13(16)11-19-14-8-9-15(18)17(10-14)20-3/h4-10,12,19H,11H2,1-3H3. The molecule has 2 aromatic rings. The number of para-hydroxylation sites is 1. The van der Waals surface area contributed by atoms with Crippen molar-refractivity contribution < 1.29 is 13.9 Å². The number of rotatable bonds is 6. The first kappa shape index (κ1) is 15.2. The van der Waals surface area contributed by atoms with Crippen LogP contribution in [0.5, 0.6) is 11.5 Å². The van der Waals surface area contributed by atoms with Gasteiger partial charge in [-0.2, -0.15) is 0 Å². The van der Waals surface area contributed by atoms with Crippen LogP contribution in [0.25, 0.3) is 0 Å². The van der Waals surface area contributed by atoms with E-state index < -0.39 is 0 Å². The van der Waals surface area contributed by atoms with Crippen molar-refractivity contribution in [1.82, 2.24) is 0 Å². The van der Waals surface area contributed by atoms with Gasteiger partial charge in [0.1, 0.15) is 5.75 Å². The molecule has 2 aromatic carbocycles. The highest BCUT2D eigenvalue weighted by Gasteiger charge is 2.06. The van der Waals surface area contributed by atoms with E-state index in [1.165, 1.54) is 13.2 Å². The maximum Gasteiger partial charge on any atom is 0.165 e. The summed E-state index contributed by atoms with van der Waals surface area (Å²) in [6, 6.07) is 12.6. The third-order valence-corrected chi connectivity index (χ3v) is 2.97. The second-order valence-electron chi connectivity index (χ2n) is 4.98. The quantitative estimate of drug-likeness (QED) is 0.863. The molecule has 0 aliphatic carbocycles. The van der Waals surface area contributed by atoms with Crippen molar-refractivity contribution in [2.75, 3.05) is 12.4 Å². The van der Waals surface area contributed by atoms with Gasteiger partial charge in [0, 0.05) is 23.9 Å². The van der Waals surface area contributed by atoms with E-state index in [9.17, 15) is 4.39 Å². The number of halogens is 1. The minimum absolute atomic E-state index is 0.122. The van der Waals surface area contributed by atoms with Crippen molar-refractivity contribution in [1.29, 1.82) is 0 Å². The number of anilines is 1. The summed E-state index contributed by atoms with van der Waals surface area (Å²) in [7, 11) is 1.45. The lowest BCUT2D eigenvalue weighted by Crippen LogP contribution is -2.09. The number of hydrogen-bond donors (Lipinski definition) is 1. The van der Waals surface area contributed by atoms with Crippen LogP contribution in [-0.2, 0) is 6.54 Å². The summed E-state index contributed by atoms with van der Waals surface area (Å²) >= 11 is 0. The predicted octanol–water partition coefficient (Wildman–Crippen LogP) is 4.23. The SMILES string of the molecule is COc1cc(NCc2ccccc2OC(C)C)ccc1F. The Labute approximate surface area is 124 Å². The van der Waals surface area contributed by atoms with E-state index in [1.807, 2.05) is 38.1 Å². The van der Waals surface area contributed by atoms with Gasteiger partial charge in [-0.1, -0.05) is 18.2 Å². The van der Waals surface area contributed by atoms with E-state index in [0.29, 0.717) is 6.54 Å². The molecule has 1 N–H and O–H groups in total. The van der Waals surface area contributed by atoms with Crippen molar-refractivity contribution in [3.63, 3.8) is 0 Å². The lowest BCUT2D eigenvalue weighted by atomic mass is 10.2. The molecule has 0 spiro atoms. The van der Waals surface area contributed by atoms with Gasteiger partial charge in [-0.05, 0) is 32.0 Å². The topological polar surface area (TPSA) is 30.5 Å². The molecule has 0 fully saturated rings. The van der Waals surface area contributed by atoms with Gasteiger partial charge in [-0.25, -0.2) is 4.39 Å². The van der Waals surface area contributed by atoms with Gasteiger partial charge in [0.25, 0.3) is 0 Å². The number of methoxy groups -OCH3 is 1. The zero-order chi connectivity index (χ0) is 15.2. The van der Waals surface area contributed by atoms with E-state index in [-0.39, 0.29) is 17.7 Å². The zero-order valence-corrected chi connectivity index (χ0v) is 12.5. The largest absolute Gasteiger partial charge is 0.494 e. The molecule has 0 heterocycles. The highest BCUT2D eigenvalue weighted by molar-refractivity contribution is 5.50. The first-order valence-electron chi connectivity index (χ1n) is 6.92. The third-order valence-electron chi connectivity index (χ3n) is 2.97. The van der Waals surface area contributed by atoms with Crippen LogP contribution in [-0.4, -0.2) is 13.2 Å². The molecule has 0 saturated carbocycles. The Balaban J connectivity index is 2.09. The monoisotopic (exact) mass is 289 g/mol. The number of nitrogens with one attached hydrogen (secondary N) is 1. The lowest BCUT2D eigenvalue weighted by molar-refractivity contribution is 0.240. The van der Waals surface area contributed by atoms with Gasteiger partial charge in [0.15, 0.2) is 11.6 Å². The molecule has 0 radical (unpaired) electrons. The molecule has 0 aliphatic rings. The normalized spacial score (nSPS) is 10.5. The van der Waals surface area contributed by atoms with Crippen LogP contribution in [0.15, 0.2) is 42.5 Å². The van der Waals surface area contributed by atoms with Crippen molar-refractivity contribution >= 4 is 5.69 Å². The summed E-state index contributed by atoms with van der Waals surface area (Å²) in [5.74, 6) is 0.715. The molecule has 21 heavy (non-hydrogen) atoms. The van der Waals surface area contributed by atoms with Crippen LogP contribution < -0.4 is 14.8 Å². The Morgan fingerprint density at radius 1 is 1.10 bits per heavy atom. The van der Waals surface area contributed by atoms with Crippen LogP contribution in [0.2, 0.25) is 0 Å². The van der Waals surface area contributed by atoms with E-state index in [0.717, 1.165) is 17.0 Å². The molecule has 3 nitrogen and oxygen atoms in total. The molecule has 0 aliphatic heterocycles. The summed E-state index contributed by atoms with van der Waals surface area (Å²) in [6.07, 6.45) is 0.122. The van der Waals surface area contributed by atoms with Crippen molar-refractivity contribution in [3.8, 4) is 11.5 Å². The number of ether oxygens (including phenoxy) is 2. The molecular weight excluding hydrogens is 269 g/mol. The van der Waals surface area contributed by atoms with Gasteiger partial charge in [0.2, 0.25) is 0 Å². The van der Waals surface area contributed by atoms with Crippen LogP contribution in [0.1, 0.15) is 19.4 Å². The van der Waals surface area contributed by atoms with Crippen LogP contribution in [0, 0.1) is 5.82 Å². The average molecular weight is 289 g/mol. The minimum Gasteiger partial charge on any atom is -0.494 e. The van der Waals surface area contributed by atoms with E-state index >= 15 is 0 Å². The smallest absolute Gasteiger partial charge is 0.165 e. The molecule has 2 rings (SSSR count). The Morgan fingerprint density at radius 2 is 1.86 bits per heavy atom. The van der Waals surface area contributed by atoms with E-state index in [4.69, 9.17) is 9.47 Å². The molecule has 0 bridgehead atoms. The maximum atomic E-state index is 13.4. The number of hydrogen-bond acceptors (Lipinski definition) is 3. The highest BCUT2D eigenvalue weighted by atomic mass is 19.1. The van der Waals surface area contributed by atoms with Crippen molar-refractivity contribution in [2.24, 2.45) is 0 Å². The summed E-state index contributed by atoms with van der Waals surface area (Å²) in [5.41, 5.74) is 1.85. The molecule has 4 heteroatoms. The molecule has 0 amide bonds. The number of benzene rings is 2. The third kappa shape index (κ3) is 4.12. The Morgan fingerprint density at radius 3 is 2.57 bits per heavy atom. The van der Waals surface area contributed by atoms with Crippen LogP contribution >= 0.6 is 0 Å². The second-order valence-corrected chi connectivity index (χ2v) is 4.98. The summed E-state index contributed by atoms with van der Waals surface area (Å²) in [4.78, 5) is 0. The molecule has 0 aromatic heterocycles. The molecular formula is C17H20FNO2. The summed E-state index contributed by atoms with van der Waals surface area (Å²) in [6.45, 7) is 4.59. The van der Waals surface area contributed by atoms with Gasteiger partial charge in [0.05, 0.1) is 13.2 Å². The van der Waals surface area contributed by atoms with Crippen LogP contribution in [0.4, 0.5) is 10.1 Å². The Hall–Kier alpha value is -2.23. The van der Waals surface area contributed by atoms with Crippen molar-refractivity contribution in [3.05, 3.63) is 53.8 Å². The van der Waals surface area contributed by atoms with E-state index in [1.54, 1.807) is 12.1 Å². The zero-order valence-electron chi connectivity index (χ0n) is 12.5. The molecule has 0 saturated heterocycles. The van der Waals surface area contributed by atoms with Crippen molar-refractivity contribution in [2.45, 2.75) is 26.5 Å². The van der Waals surface area contributed by atoms with Gasteiger partial charge in [-0.3, -0.25) is 0 Å². The second kappa shape index (κ2) is 6.97. The molecule has 0 atom stereocenters. The first-order valence-corrected chi connectivity index (χ1v) is 6.92.